The van der Waals surface area contributed by atoms with Crippen molar-refractivity contribution in [3.05, 3.63) is 29.8 Å². The van der Waals surface area contributed by atoms with Gasteiger partial charge >= 0.3 is 6.18 Å². The molecule has 102 valence electrons. The zero-order valence-corrected chi connectivity index (χ0v) is 9.91. The number of hydrogen-bond acceptors (Lipinski definition) is 3. The van der Waals surface area contributed by atoms with E-state index in [9.17, 15) is 13.2 Å². The number of rotatable bonds is 5. The van der Waals surface area contributed by atoms with Gasteiger partial charge < -0.3 is 15.5 Å². The third-order valence-electron chi connectivity index (χ3n) is 2.52. The molecule has 1 aromatic rings. The van der Waals surface area contributed by atoms with E-state index < -0.39 is 18.8 Å². The van der Waals surface area contributed by atoms with Crippen molar-refractivity contribution in [3.63, 3.8) is 0 Å². The fraction of sp³-hybridized carbons (Fsp3) is 0.500. The van der Waals surface area contributed by atoms with E-state index in [-0.39, 0.29) is 11.8 Å². The Hall–Kier alpha value is -1.27. The molecule has 0 radical (unpaired) electrons. The Kier molecular flexibility index (Phi) is 4.98. The highest BCUT2D eigenvalue weighted by Crippen LogP contribution is 2.19. The van der Waals surface area contributed by atoms with E-state index in [1.807, 2.05) is 0 Å². The Balaban J connectivity index is 2.38. The predicted molar refractivity (Wildman–Crippen MR) is 61.3 cm³/mol. The number of aromatic hydroxyl groups is 1. The van der Waals surface area contributed by atoms with Crippen LogP contribution in [-0.4, -0.2) is 35.1 Å². The van der Waals surface area contributed by atoms with Crippen LogP contribution in [0.25, 0.3) is 0 Å². The maximum atomic E-state index is 12.1. The summed E-state index contributed by atoms with van der Waals surface area (Å²) >= 11 is 0. The third kappa shape index (κ3) is 4.93. The smallest absolute Gasteiger partial charge is 0.415 e. The van der Waals surface area contributed by atoms with Crippen molar-refractivity contribution in [3.8, 4) is 5.75 Å². The SMILES string of the molecule is CC(Cc1ccc(O)cc1)NCC(O)C(F)(F)F. The lowest BCUT2D eigenvalue weighted by atomic mass is 10.1. The van der Waals surface area contributed by atoms with E-state index in [1.165, 1.54) is 12.1 Å². The normalized spacial score (nSPS) is 15.4. The van der Waals surface area contributed by atoms with Gasteiger partial charge in [0.15, 0.2) is 6.10 Å². The summed E-state index contributed by atoms with van der Waals surface area (Å²) in [5.74, 6) is 0.145. The van der Waals surface area contributed by atoms with Crippen molar-refractivity contribution in [2.75, 3.05) is 6.54 Å². The number of aliphatic hydroxyl groups excluding tert-OH is 1. The Morgan fingerprint density at radius 2 is 1.78 bits per heavy atom. The van der Waals surface area contributed by atoms with Gasteiger partial charge in [-0.25, -0.2) is 0 Å². The molecular weight excluding hydrogens is 247 g/mol. The number of phenols is 1. The number of benzene rings is 1. The monoisotopic (exact) mass is 263 g/mol. The van der Waals surface area contributed by atoms with Gasteiger partial charge in [0, 0.05) is 12.6 Å². The second-order valence-corrected chi connectivity index (χ2v) is 4.24. The lowest BCUT2D eigenvalue weighted by Gasteiger charge is -2.19. The van der Waals surface area contributed by atoms with Gasteiger partial charge in [-0.3, -0.25) is 0 Å². The third-order valence-corrected chi connectivity index (χ3v) is 2.52. The number of aliphatic hydroxyl groups is 1. The quantitative estimate of drug-likeness (QED) is 0.759. The summed E-state index contributed by atoms with van der Waals surface area (Å²) in [6.07, 6.45) is -6.42. The summed E-state index contributed by atoms with van der Waals surface area (Å²) in [6, 6.07) is 6.24. The summed E-state index contributed by atoms with van der Waals surface area (Å²) in [5, 5.41) is 20.5. The lowest BCUT2D eigenvalue weighted by molar-refractivity contribution is -0.202. The fourth-order valence-electron chi connectivity index (χ4n) is 1.49. The molecular formula is C12H16F3NO2. The molecule has 0 aliphatic carbocycles. The number of hydrogen-bond donors (Lipinski definition) is 3. The minimum Gasteiger partial charge on any atom is -0.508 e. The first-order valence-electron chi connectivity index (χ1n) is 5.55. The van der Waals surface area contributed by atoms with Gasteiger partial charge in [-0.1, -0.05) is 12.1 Å². The molecule has 0 aliphatic rings. The average molecular weight is 263 g/mol. The maximum Gasteiger partial charge on any atom is 0.415 e. The molecule has 3 N–H and O–H groups in total. The molecule has 0 spiro atoms. The van der Waals surface area contributed by atoms with Gasteiger partial charge in [0.25, 0.3) is 0 Å². The molecule has 0 saturated carbocycles. The summed E-state index contributed by atoms with van der Waals surface area (Å²) in [7, 11) is 0. The molecule has 2 atom stereocenters. The van der Waals surface area contributed by atoms with Crippen molar-refractivity contribution >= 4 is 0 Å². The van der Waals surface area contributed by atoms with Crippen LogP contribution >= 0.6 is 0 Å². The summed E-state index contributed by atoms with van der Waals surface area (Å²) in [6.45, 7) is 1.21. The highest BCUT2D eigenvalue weighted by atomic mass is 19.4. The molecule has 1 aromatic carbocycles. The highest BCUT2D eigenvalue weighted by molar-refractivity contribution is 5.26. The van der Waals surface area contributed by atoms with Crippen LogP contribution in [0.15, 0.2) is 24.3 Å². The van der Waals surface area contributed by atoms with Crippen LogP contribution in [0.4, 0.5) is 13.2 Å². The zero-order valence-electron chi connectivity index (χ0n) is 9.91. The molecule has 0 fully saturated rings. The molecule has 6 heteroatoms. The van der Waals surface area contributed by atoms with Crippen LogP contribution in [0.5, 0.6) is 5.75 Å². The van der Waals surface area contributed by atoms with E-state index in [4.69, 9.17) is 10.2 Å². The Morgan fingerprint density at radius 3 is 2.28 bits per heavy atom. The highest BCUT2D eigenvalue weighted by Gasteiger charge is 2.37. The van der Waals surface area contributed by atoms with Gasteiger partial charge in [0.1, 0.15) is 5.75 Å². The van der Waals surface area contributed by atoms with Gasteiger partial charge in [-0.05, 0) is 31.0 Å². The van der Waals surface area contributed by atoms with Crippen LogP contribution in [0.1, 0.15) is 12.5 Å². The summed E-state index contributed by atoms with van der Waals surface area (Å²) in [4.78, 5) is 0. The van der Waals surface area contributed by atoms with Crippen LogP contribution in [0.2, 0.25) is 0 Å². The molecule has 0 aliphatic heterocycles. The van der Waals surface area contributed by atoms with Crippen molar-refractivity contribution in [1.82, 2.24) is 5.32 Å². The first-order valence-corrected chi connectivity index (χ1v) is 5.55. The van der Waals surface area contributed by atoms with Crippen LogP contribution in [0, 0.1) is 0 Å². The largest absolute Gasteiger partial charge is 0.508 e. The Morgan fingerprint density at radius 1 is 1.22 bits per heavy atom. The molecule has 0 amide bonds. The number of alkyl halides is 3. The maximum absolute atomic E-state index is 12.1. The Labute approximate surface area is 103 Å². The lowest BCUT2D eigenvalue weighted by Crippen LogP contribution is -2.42. The summed E-state index contributed by atoms with van der Waals surface area (Å²) in [5.41, 5.74) is 0.897. The van der Waals surface area contributed by atoms with Gasteiger partial charge in [0.05, 0.1) is 0 Å². The fourth-order valence-corrected chi connectivity index (χ4v) is 1.49. The van der Waals surface area contributed by atoms with Crippen molar-refractivity contribution in [2.45, 2.75) is 31.7 Å². The standard InChI is InChI=1S/C12H16F3NO2/c1-8(16-7-11(18)12(13,14)15)6-9-2-4-10(17)5-3-9/h2-5,8,11,16-18H,6-7H2,1H3. The molecule has 0 bridgehead atoms. The minimum absolute atomic E-state index is 0.145. The first-order chi connectivity index (χ1) is 8.29. The van der Waals surface area contributed by atoms with E-state index in [0.717, 1.165) is 5.56 Å². The first kappa shape index (κ1) is 14.8. The van der Waals surface area contributed by atoms with Gasteiger partial charge in [-0.2, -0.15) is 13.2 Å². The predicted octanol–water partition coefficient (Wildman–Crippen LogP) is 1.84. The molecule has 2 unspecified atom stereocenters. The Bertz CT molecular complexity index is 365. The second kappa shape index (κ2) is 6.06. The molecule has 3 nitrogen and oxygen atoms in total. The van der Waals surface area contributed by atoms with Crippen LogP contribution < -0.4 is 5.32 Å². The second-order valence-electron chi connectivity index (χ2n) is 4.24. The van der Waals surface area contributed by atoms with E-state index >= 15 is 0 Å². The topological polar surface area (TPSA) is 52.5 Å². The minimum atomic E-state index is -4.59. The molecule has 0 heterocycles. The zero-order chi connectivity index (χ0) is 13.8. The average Bonchev–Trinajstić information content (AvgIpc) is 2.28. The van der Waals surface area contributed by atoms with Crippen LogP contribution in [0.3, 0.4) is 0 Å². The molecule has 18 heavy (non-hydrogen) atoms. The molecule has 0 saturated heterocycles. The van der Waals surface area contributed by atoms with E-state index in [1.54, 1.807) is 19.1 Å². The van der Waals surface area contributed by atoms with Gasteiger partial charge in [-0.15, -0.1) is 0 Å². The summed E-state index contributed by atoms with van der Waals surface area (Å²) < 4.78 is 36.2. The number of halogens is 3. The van der Waals surface area contributed by atoms with E-state index in [0.29, 0.717) is 6.42 Å². The van der Waals surface area contributed by atoms with Crippen molar-refractivity contribution < 1.29 is 23.4 Å². The number of phenolic OH excluding ortho intramolecular Hbond substituents is 1. The molecule has 0 aromatic heterocycles. The number of nitrogens with one attached hydrogen (secondary N) is 1. The molecule has 1 rings (SSSR count). The van der Waals surface area contributed by atoms with Crippen LogP contribution in [-0.2, 0) is 6.42 Å². The van der Waals surface area contributed by atoms with E-state index in [2.05, 4.69) is 5.32 Å². The van der Waals surface area contributed by atoms with Crippen molar-refractivity contribution in [2.24, 2.45) is 0 Å². The van der Waals surface area contributed by atoms with Gasteiger partial charge in [0.2, 0.25) is 0 Å². The van der Waals surface area contributed by atoms with Crippen molar-refractivity contribution in [1.29, 1.82) is 0 Å².